The van der Waals surface area contributed by atoms with Gasteiger partial charge in [-0.25, -0.2) is 4.79 Å². The number of pyridine rings is 1. The Morgan fingerprint density at radius 1 is 0.980 bits per heavy atom. The van der Waals surface area contributed by atoms with Crippen LogP contribution in [-0.4, -0.2) is 69.4 Å². The minimum atomic E-state index is -1.80. The first kappa shape index (κ1) is 36.4. The number of fused-ring (bicyclic) bond motifs is 1. The second-order valence-corrected chi connectivity index (χ2v) is 14.8. The third-order valence-electron chi connectivity index (χ3n) is 9.45. The monoisotopic (exact) mass is 730 g/mol. The molecule has 51 heavy (non-hydrogen) atoms. The average Bonchev–Trinajstić information content (AvgIpc) is 3.88. The molecular formula is C38H42N4O7S2. The van der Waals surface area contributed by atoms with E-state index in [0.717, 1.165) is 18.4 Å². The maximum Gasteiger partial charge on any atom is 0.349 e. The van der Waals surface area contributed by atoms with Crippen molar-refractivity contribution in [2.24, 2.45) is 0 Å². The van der Waals surface area contributed by atoms with Crippen LogP contribution in [0.1, 0.15) is 59.1 Å². The van der Waals surface area contributed by atoms with Gasteiger partial charge in [-0.3, -0.25) is 9.59 Å². The Kier molecular flexibility index (Phi) is 11.7. The summed E-state index contributed by atoms with van der Waals surface area (Å²) in [5.41, 5.74) is 0.425. The highest BCUT2D eigenvalue weighted by molar-refractivity contribution is 7.12. The molecule has 1 saturated carbocycles. The molecular weight excluding hydrogens is 689 g/mol. The number of nitrogens with one attached hydrogen (secondary N) is 3. The number of hydrogen-bond acceptors (Lipinski definition) is 11. The summed E-state index contributed by atoms with van der Waals surface area (Å²) in [7, 11) is 2.01. The molecule has 1 unspecified atom stereocenters. The fraction of sp³-hybridized carbons (Fsp3) is 0.342. The second-order valence-electron chi connectivity index (χ2n) is 12.9. The predicted molar refractivity (Wildman–Crippen MR) is 199 cm³/mol. The van der Waals surface area contributed by atoms with Gasteiger partial charge in [0.15, 0.2) is 0 Å². The number of phenolic OH excluding ortho intramolecular Hbond substituents is 1. The van der Waals surface area contributed by atoms with Gasteiger partial charge in [0.1, 0.15) is 11.9 Å². The van der Waals surface area contributed by atoms with Crippen LogP contribution in [0.2, 0.25) is 0 Å². The second kappa shape index (κ2) is 16.3. The normalized spacial score (nSPS) is 17.0. The molecule has 6 N–H and O–H groups in total. The van der Waals surface area contributed by atoms with Gasteiger partial charge in [-0.1, -0.05) is 30.3 Å². The molecule has 0 aliphatic heterocycles. The number of carbonyl (C=O) groups excluding carboxylic acids is 2. The van der Waals surface area contributed by atoms with Crippen LogP contribution in [0.4, 0.5) is 5.69 Å². The molecule has 1 aliphatic rings. The number of amides is 1. The molecule has 0 saturated heterocycles. The van der Waals surface area contributed by atoms with Gasteiger partial charge < -0.3 is 40.6 Å². The number of H-pyrrole nitrogens is 1. The number of rotatable bonds is 14. The minimum Gasteiger partial charge on any atom is -0.506 e. The number of aromatic nitrogens is 1. The van der Waals surface area contributed by atoms with Crippen molar-refractivity contribution < 1.29 is 29.6 Å². The van der Waals surface area contributed by atoms with Crippen molar-refractivity contribution in [2.45, 2.75) is 62.5 Å². The standard InChI is InChI=1S/C38H42N4O7S2/c1-42(26-10-12-27(13-11-26)49-37(47)38(48,32-4-2-20-50-32)33-5-3-21-51-33)19-18-35(46)40-25-8-6-24(7-9-25)22-39-23-31(44)28-14-16-30(43)36-29(28)15-17-34(45)41-36/h2-9,14-17,20-21,26-27,31,39,43-44,48H,10-13,18-19,22-23H2,1H3,(H,40,46)(H,41,45). The van der Waals surface area contributed by atoms with Crippen molar-refractivity contribution in [1.82, 2.24) is 15.2 Å². The quantitative estimate of drug-likeness (QED) is 0.0840. The molecule has 1 fully saturated rings. The number of nitrogens with zero attached hydrogens (tertiary/aromatic N) is 1. The highest BCUT2D eigenvalue weighted by atomic mass is 32.1. The minimum absolute atomic E-state index is 0.0546. The lowest BCUT2D eigenvalue weighted by molar-refractivity contribution is -0.169. The van der Waals surface area contributed by atoms with Gasteiger partial charge in [-0.15, -0.1) is 22.7 Å². The number of carbonyl (C=O) groups is 2. The molecule has 3 aromatic heterocycles. The summed E-state index contributed by atoms with van der Waals surface area (Å²) in [5, 5.41) is 42.8. The van der Waals surface area contributed by atoms with Crippen molar-refractivity contribution in [1.29, 1.82) is 0 Å². The van der Waals surface area contributed by atoms with Crippen LogP contribution in [0, 0.1) is 0 Å². The number of ether oxygens (including phenoxy) is 1. The van der Waals surface area contributed by atoms with E-state index in [0.29, 0.717) is 64.3 Å². The lowest BCUT2D eigenvalue weighted by Crippen LogP contribution is -2.42. The Hall–Kier alpha value is -4.37. The number of aromatic amines is 1. The lowest BCUT2D eigenvalue weighted by Gasteiger charge is -2.35. The Morgan fingerprint density at radius 2 is 1.67 bits per heavy atom. The molecule has 1 atom stereocenters. The zero-order chi connectivity index (χ0) is 36.0. The smallest absolute Gasteiger partial charge is 0.349 e. The SMILES string of the molecule is CN(CCC(=O)Nc1ccc(CNCC(O)c2ccc(O)c3[nH]c(=O)ccc23)cc1)C1CCC(OC(=O)C(O)(c2cccs2)c2cccs2)CC1. The summed E-state index contributed by atoms with van der Waals surface area (Å²) in [5.74, 6) is -0.771. The average molecular weight is 731 g/mol. The number of aliphatic hydroxyl groups is 2. The summed E-state index contributed by atoms with van der Waals surface area (Å²) in [4.78, 5) is 43.7. The van der Waals surface area contributed by atoms with Gasteiger partial charge in [0.25, 0.3) is 0 Å². The van der Waals surface area contributed by atoms with E-state index in [1.165, 1.54) is 34.8 Å². The molecule has 5 aromatic rings. The van der Waals surface area contributed by atoms with Crippen molar-refractivity contribution in [2.75, 3.05) is 25.5 Å². The van der Waals surface area contributed by atoms with Gasteiger partial charge in [-0.2, -0.15) is 0 Å². The molecule has 0 bridgehead atoms. The first-order chi connectivity index (χ1) is 24.6. The van der Waals surface area contributed by atoms with Gasteiger partial charge in [0, 0.05) is 49.2 Å². The van der Waals surface area contributed by atoms with E-state index >= 15 is 0 Å². The van der Waals surface area contributed by atoms with Crippen LogP contribution in [0.15, 0.2) is 88.4 Å². The molecule has 1 aliphatic carbocycles. The first-order valence-electron chi connectivity index (χ1n) is 17.0. The van der Waals surface area contributed by atoms with Crippen LogP contribution >= 0.6 is 22.7 Å². The molecule has 11 nitrogen and oxygen atoms in total. The fourth-order valence-corrected chi connectivity index (χ4v) is 8.25. The van der Waals surface area contributed by atoms with Crippen LogP contribution in [0.3, 0.4) is 0 Å². The Labute approximate surface area is 303 Å². The number of thiophene rings is 2. The van der Waals surface area contributed by atoms with Gasteiger partial charge >= 0.3 is 5.97 Å². The Balaban J connectivity index is 0.908. The number of hydrogen-bond donors (Lipinski definition) is 6. The lowest BCUT2D eigenvalue weighted by atomic mass is 9.91. The van der Waals surface area contributed by atoms with Crippen LogP contribution < -0.4 is 16.2 Å². The van der Waals surface area contributed by atoms with E-state index in [9.17, 15) is 29.7 Å². The van der Waals surface area contributed by atoms with Gasteiger partial charge in [0.2, 0.25) is 17.1 Å². The molecule has 3 heterocycles. The number of esters is 1. The Morgan fingerprint density at radius 3 is 2.31 bits per heavy atom. The number of aliphatic hydroxyl groups excluding tert-OH is 1. The largest absolute Gasteiger partial charge is 0.506 e. The maximum atomic E-state index is 13.3. The summed E-state index contributed by atoms with van der Waals surface area (Å²) in [6, 6.07) is 21.0. The van der Waals surface area contributed by atoms with Gasteiger partial charge in [-0.05, 0) is 91.0 Å². The zero-order valence-corrected chi connectivity index (χ0v) is 29.8. The number of anilines is 1. The number of benzene rings is 2. The van der Waals surface area contributed by atoms with Crippen molar-refractivity contribution in [3.05, 3.63) is 115 Å². The summed E-state index contributed by atoms with van der Waals surface area (Å²) >= 11 is 2.66. The van der Waals surface area contributed by atoms with Crippen molar-refractivity contribution in [3.63, 3.8) is 0 Å². The van der Waals surface area contributed by atoms with Gasteiger partial charge in [0.05, 0.1) is 21.4 Å². The Bertz CT molecular complexity index is 1940. The van der Waals surface area contributed by atoms with Crippen molar-refractivity contribution in [3.8, 4) is 5.75 Å². The molecule has 0 spiro atoms. The molecule has 6 rings (SSSR count). The summed E-state index contributed by atoms with van der Waals surface area (Å²) in [6.07, 6.45) is 2.23. The fourth-order valence-electron chi connectivity index (χ4n) is 6.53. The van der Waals surface area contributed by atoms with E-state index in [-0.39, 0.29) is 35.9 Å². The van der Waals surface area contributed by atoms with E-state index in [4.69, 9.17) is 4.74 Å². The van der Waals surface area contributed by atoms with Crippen LogP contribution in [-0.2, 0) is 26.5 Å². The predicted octanol–water partition coefficient (Wildman–Crippen LogP) is 5.23. The third-order valence-corrected chi connectivity index (χ3v) is 11.4. The van der Waals surface area contributed by atoms with Crippen molar-refractivity contribution >= 4 is 51.1 Å². The summed E-state index contributed by atoms with van der Waals surface area (Å²) < 4.78 is 5.89. The highest BCUT2D eigenvalue weighted by Gasteiger charge is 2.45. The molecule has 268 valence electrons. The van der Waals surface area contributed by atoms with E-state index in [1.807, 2.05) is 54.2 Å². The number of aromatic hydroxyl groups is 1. The van der Waals surface area contributed by atoms with E-state index < -0.39 is 17.7 Å². The highest BCUT2D eigenvalue weighted by Crippen LogP contribution is 2.38. The zero-order valence-electron chi connectivity index (χ0n) is 28.2. The maximum absolute atomic E-state index is 13.3. The number of phenols is 1. The molecule has 0 radical (unpaired) electrons. The molecule has 2 aromatic carbocycles. The van der Waals surface area contributed by atoms with E-state index in [2.05, 4.69) is 20.5 Å². The van der Waals surface area contributed by atoms with E-state index in [1.54, 1.807) is 24.3 Å². The van der Waals surface area contributed by atoms with Crippen LogP contribution in [0.25, 0.3) is 10.9 Å². The topological polar surface area (TPSA) is 164 Å². The molecule has 13 heteroatoms. The third kappa shape index (κ3) is 8.58. The van der Waals surface area contributed by atoms with Crippen LogP contribution in [0.5, 0.6) is 5.75 Å². The first-order valence-corrected chi connectivity index (χ1v) is 18.7. The molecule has 1 amide bonds. The summed E-state index contributed by atoms with van der Waals surface area (Å²) in [6.45, 7) is 1.34.